The Hall–Kier alpha value is -1.24. The highest BCUT2D eigenvalue weighted by Crippen LogP contribution is 2.21. The molecule has 27 heavy (non-hydrogen) atoms. The predicted octanol–water partition coefficient (Wildman–Crippen LogP) is 3.53. The van der Waals surface area contributed by atoms with E-state index < -0.39 is 0 Å². The van der Waals surface area contributed by atoms with Gasteiger partial charge >= 0.3 is 0 Å². The van der Waals surface area contributed by atoms with E-state index in [1.54, 1.807) is 0 Å². The summed E-state index contributed by atoms with van der Waals surface area (Å²) in [7, 11) is 0. The molecular weight excluding hydrogens is 358 g/mol. The Labute approximate surface area is 168 Å². The first-order valence-electron chi connectivity index (χ1n) is 10.1. The topological polar surface area (TPSA) is 46.1 Å². The summed E-state index contributed by atoms with van der Waals surface area (Å²) in [6.45, 7) is 12.8. The van der Waals surface area contributed by atoms with E-state index in [1.165, 1.54) is 23.3 Å². The van der Waals surface area contributed by atoms with Crippen molar-refractivity contribution in [2.45, 2.75) is 45.6 Å². The minimum absolute atomic E-state index is 0.617. The van der Waals surface area contributed by atoms with Gasteiger partial charge in [0.2, 0.25) is 0 Å². The first-order valence-corrected chi connectivity index (χ1v) is 11.2. The van der Waals surface area contributed by atoms with Crippen molar-refractivity contribution < 1.29 is 9.47 Å². The van der Waals surface area contributed by atoms with Gasteiger partial charge in [-0.1, -0.05) is 31.2 Å². The maximum Gasteiger partial charge on any atom is 0.194 e. The quantitative estimate of drug-likeness (QED) is 0.374. The van der Waals surface area contributed by atoms with Crippen LogP contribution in [0, 0.1) is 0 Å². The summed E-state index contributed by atoms with van der Waals surface area (Å²) in [5, 5.41) is 4.17. The molecule has 1 atom stereocenters. The third kappa shape index (κ3) is 8.11. The highest BCUT2D eigenvalue weighted by atomic mass is 32.2. The molecular formula is C21H35N3O2S. The summed E-state index contributed by atoms with van der Waals surface area (Å²) in [5.74, 6) is 2.21. The number of nitrogens with one attached hydrogen (secondary N) is 1. The fourth-order valence-electron chi connectivity index (χ4n) is 3.02. The van der Waals surface area contributed by atoms with Crippen molar-refractivity contribution >= 4 is 17.7 Å². The summed E-state index contributed by atoms with van der Waals surface area (Å²) >= 11 is 2.08. The maximum atomic E-state index is 5.68. The van der Waals surface area contributed by atoms with Gasteiger partial charge in [-0.05, 0) is 31.4 Å². The van der Waals surface area contributed by atoms with Crippen LogP contribution in [0.3, 0.4) is 0 Å². The van der Waals surface area contributed by atoms with E-state index in [2.05, 4.69) is 60.1 Å². The first-order chi connectivity index (χ1) is 13.3. The van der Waals surface area contributed by atoms with Gasteiger partial charge in [0.25, 0.3) is 0 Å². The Bertz CT molecular complexity index is 568. The van der Waals surface area contributed by atoms with Crippen molar-refractivity contribution in [1.29, 1.82) is 0 Å². The van der Waals surface area contributed by atoms with Gasteiger partial charge in [-0.15, -0.1) is 0 Å². The average Bonchev–Trinajstić information content (AvgIpc) is 2.71. The van der Waals surface area contributed by atoms with E-state index >= 15 is 0 Å². The molecule has 0 aliphatic carbocycles. The second-order valence-electron chi connectivity index (χ2n) is 6.59. The van der Waals surface area contributed by atoms with Crippen molar-refractivity contribution in [3.8, 4) is 0 Å². The number of ether oxygens (including phenoxy) is 2. The van der Waals surface area contributed by atoms with Crippen molar-refractivity contribution in [3.05, 3.63) is 35.4 Å². The maximum absolute atomic E-state index is 5.68. The van der Waals surface area contributed by atoms with Crippen molar-refractivity contribution in [2.24, 2.45) is 4.99 Å². The van der Waals surface area contributed by atoms with Crippen molar-refractivity contribution in [3.63, 3.8) is 0 Å². The van der Waals surface area contributed by atoms with Crippen LogP contribution in [0.1, 0.15) is 38.3 Å². The molecule has 0 spiro atoms. The molecule has 1 aromatic carbocycles. The molecule has 0 radical (unpaired) electrons. The number of nitrogens with zero attached hydrogens (tertiary/aromatic N) is 2. The molecule has 2 rings (SSSR count). The zero-order chi connectivity index (χ0) is 19.3. The Morgan fingerprint density at radius 3 is 2.81 bits per heavy atom. The largest absolute Gasteiger partial charge is 0.379 e. The molecule has 0 aromatic heterocycles. The van der Waals surface area contributed by atoms with E-state index in [0.717, 1.165) is 32.2 Å². The molecule has 1 saturated heterocycles. The monoisotopic (exact) mass is 393 g/mol. The number of rotatable bonds is 10. The van der Waals surface area contributed by atoms with Gasteiger partial charge in [0.05, 0.1) is 26.4 Å². The minimum atomic E-state index is 0.617. The third-order valence-corrected chi connectivity index (χ3v) is 5.85. The van der Waals surface area contributed by atoms with E-state index in [0.29, 0.717) is 31.6 Å². The first kappa shape index (κ1) is 22.1. The van der Waals surface area contributed by atoms with Gasteiger partial charge in [0, 0.05) is 37.2 Å². The molecule has 1 aliphatic heterocycles. The van der Waals surface area contributed by atoms with Gasteiger partial charge in [-0.25, -0.2) is 4.99 Å². The van der Waals surface area contributed by atoms with Crippen LogP contribution in [0.5, 0.6) is 0 Å². The Morgan fingerprint density at radius 1 is 1.22 bits per heavy atom. The third-order valence-electron chi connectivity index (χ3n) is 4.48. The normalized spacial score (nSPS) is 18.0. The number of benzene rings is 1. The Balaban J connectivity index is 1.91. The lowest BCUT2D eigenvalue weighted by Crippen LogP contribution is -2.48. The second kappa shape index (κ2) is 13.0. The van der Waals surface area contributed by atoms with Crippen molar-refractivity contribution in [1.82, 2.24) is 10.2 Å². The lowest BCUT2D eigenvalue weighted by Gasteiger charge is -2.34. The van der Waals surface area contributed by atoms with Crippen LogP contribution in [0.2, 0.25) is 0 Å². The Kier molecular flexibility index (Phi) is 10.6. The number of thioether (sulfide) groups is 1. The SMILES string of the molecule is CCNC(=NCc1cccc(COCCOCC)c1)N1CCSC(CC)C1. The van der Waals surface area contributed by atoms with Gasteiger partial charge in [0.1, 0.15) is 0 Å². The molecule has 0 amide bonds. The molecule has 0 bridgehead atoms. The molecule has 1 heterocycles. The molecule has 6 heteroatoms. The molecule has 152 valence electrons. The zero-order valence-corrected chi connectivity index (χ0v) is 17.9. The molecule has 1 unspecified atom stereocenters. The predicted molar refractivity (Wildman–Crippen MR) is 116 cm³/mol. The van der Waals surface area contributed by atoms with E-state index in [1.807, 2.05) is 6.92 Å². The van der Waals surface area contributed by atoms with E-state index in [9.17, 15) is 0 Å². The summed E-state index contributed by atoms with van der Waals surface area (Å²) in [4.78, 5) is 7.31. The second-order valence-corrected chi connectivity index (χ2v) is 7.99. The molecule has 1 fully saturated rings. The lowest BCUT2D eigenvalue weighted by molar-refractivity contribution is 0.0453. The standard InChI is InChI=1S/C21H35N3O2S/c1-4-20-16-24(10-13-27-20)21(22-5-2)23-15-18-8-7-9-19(14-18)17-26-12-11-25-6-3/h7-9,14,20H,4-6,10-13,15-17H2,1-3H3,(H,22,23). The van der Waals surface area contributed by atoms with Gasteiger partial charge in [0.15, 0.2) is 5.96 Å². The summed E-state index contributed by atoms with van der Waals surface area (Å²) < 4.78 is 11.0. The van der Waals surface area contributed by atoms with E-state index in [-0.39, 0.29) is 0 Å². The molecule has 1 N–H and O–H groups in total. The molecule has 1 aliphatic rings. The smallest absolute Gasteiger partial charge is 0.194 e. The number of guanidine groups is 1. The number of aliphatic imine (C=N–C) groups is 1. The van der Waals surface area contributed by atoms with E-state index in [4.69, 9.17) is 14.5 Å². The summed E-state index contributed by atoms with van der Waals surface area (Å²) in [6.07, 6.45) is 1.21. The summed E-state index contributed by atoms with van der Waals surface area (Å²) in [6, 6.07) is 8.52. The van der Waals surface area contributed by atoms with Crippen molar-refractivity contribution in [2.75, 3.05) is 45.2 Å². The van der Waals surface area contributed by atoms with Crippen LogP contribution in [0.4, 0.5) is 0 Å². The number of hydrogen-bond donors (Lipinski definition) is 1. The molecule has 1 aromatic rings. The van der Waals surface area contributed by atoms with Crippen LogP contribution in [0.25, 0.3) is 0 Å². The van der Waals surface area contributed by atoms with Gasteiger partial charge < -0.3 is 19.7 Å². The highest BCUT2D eigenvalue weighted by Gasteiger charge is 2.21. The minimum Gasteiger partial charge on any atom is -0.379 e. The highest BCUT2D eigenvalue weighted by molar-refractivity contribution is 8.00. The number of hydrogen-bond acceptors (Lipinski definition) is 4. The van der Waals surface area contributed by atoms with Crippen LogP contribution in [-0.4, -0.2) is 61.3 Å². The van der Waals surface area contributed by atoms with Gasteiger partial charge in [-0.2, -0.15) is 11.8 Å². The Morgan fingerprint density at radius 2 is 2.04 bits per heavy atom. The van der Waals surface area contributed by atoms with Crippen LogP contribution in [0.15, 0.2) is 29.3 Å². The van der Waals surface area contributed by atoms with Crippen LogP contribution >= 0.6 is 11.8 Å². The summed E-state index contributed by atoms with van der Waals surface area (Å²) in [5.41, 5.74) is 2.40. The average molecular weight is 394 g/mol. The van der Waals surface area contributed by atoms with Gasteiger partial charge in [-0.3, -0.25) is 0 Å². The lowest BCUT2D eigenvalue weighted by atomic mass is 10.1. The fourth-order valence-corrected chi connectivity index (χ4v) is 4.20. The molecule has 5 nitrogen and oxygen atoms in total. The van der Waals surface area contributed by atoms with Crippen LogP contribution < -0.4 is 5.32 Å². The fraction of sp³-hybridized carbons (Fsp3) is 0.667. The zero-order valence-electron chi connectivity index (χ0n) is 17.1. The van der Waals surface area contributed by atoms with Crippen LogP contribution in [-0.2, 0) is 22.6 Å². The molecule has 0 saturated carbocycles.